The van der Waals surface area contributed by atoms with E-state index in [0.29, 0.717) is 0 Å². The average Bonchev–Trinajstić information content (AvgIpc) is 2.25. The second kappa shape index (κ2) is 5.77. The predicted octanol–water partition coefficient (Wildman–Crippen LogP) is 1.58. The third kappa shape index (κ3) is 3.76. The first-order chi connectivity index (χ1) is 8.24. The van der Waals surface area contributed by atoms with Gasteiger partial charge in [0.15, 0.2) is 0 Å². The highest BCUT2D eigenvalue weighted by molar-refractivity contribution is 7.89. The highest BCUT2D eigenvalue weighted by atomic mass is 32.2. The molecule has 0 saturated carbocycles. The normalized spacial score (nSPS) is 13.6. The van der Waals surface area contributed by atoms with Crippen molar-refractivity contribution in [3.63, 3.8) is 0 Å². The van der Waals surface area contributed by atoms with Gasteiger partial charge in [0.2, 0.25) is 10.0 Å². The van der Waals surface area contributed by atoms with Gasteiger partial charge in [-0.2, -0.15) is 0 Å². The summed E-state index contributed by atoms with van der Waals surface area (Å²) in [6, 6.07) is 6.16. The van der Waals surface area contributed by atoms with E-state index in [-0.39, 0.29) is 15.8 Å². The summed E-state index contributed by atoms with van der Waals surface area (Å²) in [6.07, 6.45) is 0. The van der Waals surface area contributed by atoms with Crippen LogP contribution in [0.2, 0.25) is 0 Å². The van der Waals surface area contributed by atoms with Crippen LogP contribution in [-0.2, 0) is 10.0 Å². The molecule has 0 spiro atoms. The lowest BCUT2D eigenvalue weighted by atomic mass is 10.1. The van der Waals surface area contributed by atoms with E-state index in [0.717, 1.165) is 5.56 Å². The van der Waals surface area contributed by atoms with E-state index in [1.807, 2.05) is 26.8 Å². The van der Waals surface area contributed by atoms with Gasteiger partial charge in [-0.1, -0.05) is 38.2 Å². The minimum absolute atomic E-state index is 0.00193. The smallest absolute Gasteiger partial charge is 0.241 e. The summed E-state index contributed by atoms with van der Waals surface area (Å²) in [7, 11) is -3.59. The maximum atomic E-state index is 12.2. The molecular formula is C12H18N2O2S2. The van der Waals surface area contributed by atoms with Gasteiger partial charge < -0.3 is 5.73 Å². The van der Waals surface area contributed by atoms with Gasteiger partial charge in [0.05, 0.1) is 15.9 Å². The number of hydrogen-bond acceptors (Lipinski definition) is 3. The van der Waals surface area contributed by atoms with Crippen LogP contribution in [0.1, 0.15) is 19.4 Å². The molecule has 0 amide bonds. The topological polar surface area (TPSA) is 72.2 Å². The van der Waals surface area contributed by atoms with E-state index in [1.54, 1.807) is 18.2 Å². The molecule has 0 fully saturated rings. The van der Waals surface area contributed by atoms with Gasteiger partial charge in [-0.3, -0.25) is 0 Å². The summed E-state index contributed by atoms with van der Waals surface area (Å²) < 4.78 is 26.9. The molecule has 0 bridgehead atoms. The number of benzene rings is 1. The fourth-order valence-corrected chi connectivity index (χ4v) is 3.41. The second-order valence-corrected chi connectivity index (χ2v) is 6.75. The Kier molecular flexibility index (Phi) is 4.84. The van der Waals surface area contributed by atoms with Crippen LogP contribution in [0, 0.1) is 12.8 Å². The molecule has 0 aliphatic rings. The molecule has 0 aromatic heterocycles. The number of hydrogen-bond donors (Lipinski definition) is 2. The molecule has 0 saturated heterocycles. The standard InChI is InChI=1S/C12H18N2O2S2/c1-8(2)11(12(13)17)14-18(15,16)10-6-4-5-9(3)7-10/h4-8,11,14H,1-3H3,(H2,13,17). The molecule has 4 nitrogen and oxygen atoms in total. The fraction of sp³-hybridized carbons (Fsp3) is 0.417. The minimum atomic E-state index is -3.59. The van der Waals surface area contributed by atoms with Crippen LogP contribution < -0.4 is 10.5 Å². The Labute approximate surface area is 114 Å². The summed E-state index contributed by atoms with van der Waals surface area (Å²) in [5.74, 6) is 0.00193. The predicted molar refractivity (Wildman–Crippen MR) is 76.9 cm³/mol. The van der Waals surface area contributed by atoms with Crippen LogP contribution >= 0.6 is 12.2 Å². The van der Waals surface area contributed by atoms with Gasteiger partial charge in [0.1, 0.15) is 0 Å². The second-order valence-electron chi connectivity index (χ2n) is 4.56. The summed E-state index contributed by atoms with van der Waals surface area (Å²) >= 11 is 4.89. The molecule has 1 atom stereocenters. The lowest BCUT2D eigenvalue weighted by molar-refractivity contribution is 0.526. The maximum absolute atomic E-state index is 12.2. The minimum Gasteiger partial charge on any atom is -0.392 e. The molecule has 0 aliphatic carbocycles. The van der Waals surface area contributed by atoms with Crippen LogP contribution in [0.15, 0.2) is 29.2 Å². The Bertz CT molecular complexity index is 539. The molecule has 1 aromatic carbocycles. The van der Waals surface area contributed by atoms with Gasteiger partial charge in [0.25, 0.3) is 0 Å². The fourth-order valence-electron chi connectivity index (χ4n) is 1.54. The maximum Gasteiger partial charge on any atom is 0.241 e. The van der Waals surface area contributed by atoms with E-state index in [2.05, 4.69) is 4.72 Å². The first kappa shape index (κ1) is 15.1. The summed E-state index contributed by atoms with van der Waals surface area (Å²) in [5.41, 5.74) is 6.44. The summed E-state index contributed by atoms with van der Waals surface area (Å²) in [4.78, 5) is 0.380. The molecule has 6 heteroatoms. The first-order valence-electron chi connectivity index (χ1n) is 5.62. The molecule has 0 heterocycles. The molecule has 1 aromatic rings. The van der Waals surface area contributed by atoms with Crippen LogP contribution in [0.4, 0.5) is 0 Å². The number of nitrogens with one attached hydrogen (secondary N) is 1. The Balaban J connectivity index is 3.05. The van der Waals surface area contributed by atoms with Crippen LogP contribution in [0.3, 0.4) is 0 Å². The van der Waals surface area contributed by atoms with Crippen molar-refractivity contribution in [1.29, 1.82) is 0 Å². The molecule has 18 heavy (non-hydrogen) atoms. The van der Waals surface area contributed by atoms with Gasteiger partial charge in [-0.05, 0) is 30.5 Å². The van der Waals surface area contributed by atoms with E-state index in [1.165, 1.54) is 0 Å². The van der Waals surface area contributed by atoms with Crippen molar-refractivity contribution in [3.8, 4) is 0 Å². The van der Waals surface area contributed by atoms with Crippen molar-refractivity contribution in [2.45, 2.75) is 31.7 Å². The van der Waals surface area contributed by atoms with Crippen molar-refractivity contribution < 1.29 is 8.42 Å². The Morgan fingerprint density at radius 2 is 2.00 bits per heavy atom. The van der Waals surface area contributed by atoms with E-state index in [4.69, 9.17) is 18.0 Å². The Hall–Kier alpha value is -0.980. The molecule has 1 unspecified atom stereocenters. The van der Waals surface area contributed by atoms with E-state index in [9.17, 15) is 8.42 Å². The zero-order valence-corrected chi connectivity index (χ0v) is 12.3. The molecule has 100 valence electrons. The number of aryl methyl sites for hydroxylation is 1. The van der Waals surface area contributed by atoms with Crippen molar-refractivity contribution in [2.75, 3.05) is 0 Å². The third-order valence-electron chi connectivity index (χ3n) is 2.56. The highest BCUT2D eigenvalue weighted by Gasteiger charge is 2.24. The van der Waals surface area contributed by atoms with Gasteiger partial charge >= 0.3 is 0 Å². The third-order valence-corrected chi connectivity index (χ3v) is 4.25. The van der Waals surface area contributed by atoms with Crippen LogP contribution in [0.25, 0.3) is 0 Å². The highest BCUT2D eigenvalue weighted by Crippen LogP contribution is 2.13. The van der Waals surface area contributed by atoms with Gasteiger partial charge in [-0.15, -0.1) is 0 Å². The molecular weight excluding hydrogens is 268 g/mol. The number of rotatable bonds is 5. The first-order valence-corrected chi connectivity index (χ1v) is 7.51. The lowest BCUT2D eigenvalue weighted by Crippen LogP contribution is -2.46. The quantitative estimate of drug-likeness (QED) is 0.806. The van der Waals surface area contributed by atoms with Crippen molar-refractivity contribution >= 4 is 27.2 Å². The molecule has 0 aliphatic heterocycles. The van der Waals surface area contributed by atoms with Crippen molar-refractivity contribution in [3.05, 3.63) is 29.8 Å². The van der Waals surface area contributed by atoms with E-state index < -0.39 is 16.1 Å². The van der Waals surface area contributed by atoms with Crippen molar-refractivity contribution in [1.82, 2.24) is 4.72 Å². The van der Waals surface area contributed by atoms with Crippen LogP contribution in [-0.4, -0.2) is 19.4 Å². The van der Waals surface area contributed by atoms with Gasteiger partial charge in [0, 0.05) is 0 Å². The molecule has 3 N–H and O–H groups in total. The Morgan fingerprint density at radius 1 is 1.39 bits per heavy atom. The average molecular weight is 286 g/mol. The summed E-state index contributed by atoms with van der Waals surface area (Å²) in [5, 5.41) is 0. The Morgan fingerprint density at radius 3 is 2.44 bits per heavy atom. The zero-order valence-electron chi connectivity index (χ0n) is 10.7. The molecule has 1 rings (SSSR count). The number of thiocarbonyl (C=S) groups is 1. The number of nitrogens with two attached hydrogens (primary N) is 1. The zero-order chi connectivity index (χ0) is 13.9. The van der Waals surface area contributed by atoms with Crippen molar-refractivity contribution in [2.24, 2.45) is 11.7 Å². The van der Waals surface area contributed by atoms with Crippen LogP contribution in [0.5, 0.6) is 0 Å². The lowest BCUT2D eigenvalue weighted by Gasteiger charge is -2.21. The SMILES string of the molecule is Cc1cccc(S(=O)(=O)NC(C(N)=S)C(C)C)c1. The van der Waals surface area contributed by atoms with E-state index >= 15 is 0 Å². The monoisotopic (exact) mass is 286 g/mol. The largest absolute Gasteiger partial charge is 0.392 e. The summed E-state index contributed by atoms with van der Waals surface area (Å²) in [6.45, 7) is 5.57. The van der Waals surface area contributed by atoms with Gasteiger partial charge in [-0.25, -0.2) is 13.1 Å². The molecule has 0 radical (unpaired) electrons. The number of sulfonamides is 1.